The zero-order valence-corrected chi connectivity index (χ0v) is 12.8. The Morgan fingerprint density at radius 2 is 2.15 bits per heavy atom. The van der Waals surface area contributed by atoms with Gasteiger partial charge in [0.2, 0.25) is 0 Å². The van der Waals surface area contributed by atoms with Crippen molar-refractivity contribution in [3.8, 4) is 0 Å². The lowest BCUT2D eigenvalue weighted by molar-refractivity contribution is 0.603. The fourth-order valence-corrected chi connectivity index (χ4v) is 4.61. The zero-order valence-electron chi connectivity index (χ0n) is 11.1. The summed E-state index contributed by atoms with van der Waals surface area (Å²) in [6.45, 7) is 2.93. The molecule has 1 aliphatic rings. The highest BCUT2D eigenvalue weighted by Crippen LogP contribution is 2.28. The number of hydrogen-bond acceptors (Lipinski definition) is 4. The SMILES string of the molecule is CCc1ccc(S(=O)(=O)Nc2ccc3c(c2)CCN3)s1. The number of hydrogen-bond donors (Lipinski definition) is 2. The number of fused-ring (bicyclic) bond motifs is 1. The largest absolute Gasteiger partial charge is 0.384 e. The van der Waals surface area contributed by atoms with E-state index in [2.05, 4.69) is 10.0 Å². The summed E-state index contributed by atoms with van der Waals surface area (Å²) in [5.74, 6) is 0. The smallest absolute Gasteiger partial charge is 0.271 e. The maximum Gasteiger partial charge on any atom is 0.271 e. The van der Waals surface area contributed by atoms with E-state index in [9.17, 15) is 8.42 Å². The van der Waals surface area contributed by atoms with Gasteiger partial charge in [-0.3, -0.25) is 4.72 Å². The van der Waals surface area contributed by atoms with Crippen LogP contribution in [0.5, 0.6) is 0 Å². The van der Waals surface area contributed by atoms with Crippen molar-refractivity contribution in [1.29, 1.82) is 0 Å². The van der Waals surface area contributed by atoms with Gasteiger partial charge in [-0.05, 0) is 48.7 Å². The number of anilines is 2. The van der Waals surface area contributed by atoms with Crippen LogP contribution in [0.3, 0.4) is 0 Å². The van der Waals surface area contributed by atoms with E-state index in [4.69, 9.17) is 0 Å². The second kappa shape index (κ2) is 5.10. The fourth-order valence-electron chi connectivity index (χ4n) is 2.27. The van der Waals surface area contributed by atoms with Crippen LogP contribution in [0.4, 0.5) is 11.4 Å². The minimum Gasteiger partial charge on any atom is -0.384 e. The molecule has 0 aliphatic carbocycles. The first-order chi connectivity index (χ1) is 9.58. The molecule has 1 aromatic carbocycles. The lowest BCUT2D eigenvalue weighted by Crippen LogP contribution is -2.11. The third kappa shape index (κ3) is 2.53. The Hall–Kier alpha value is -1.53. The Morgan fingerprint density at radius 1 is 1.30 bits per heavy atom. The van der Waals surface area contributed by atoms with Gasteiger partial charge in [0.15, 0.2) is 0 Å². The van der Waals surface area contributed by atoms with Gasteiger partial charge in [0.1, 0.15) is 4.21 Å². The van der Waals surface area contributed by atoms with Crippen molar-refractivity contribution in [2.45, 2.75) is 24.0 Å². The molecule has 1 aliphatic heterocycles. The molecule has 0 saturated heterocycles. The van der Waals surface area contributed by atoms with Gasteiger partial charge in [-0.2, -0.15) is 0 Å². The molecule has 0 amide bonds. The highest BCUT2D eigenvalue weighted by molar-refractivity contribution is 7.94. The van der Waals surface area contributed by atoms with Gasteiger partial charge < -0.3 is 5.32 Å². The summed E-state index contributed by atoms with van der Waals surface area (Å²) in [6, 6.07) is 9.16. The molecule has 1 aromatic heterocycles. The molecule has 2 N–H and O–H groups in total. The second-order valence-corrected chi connectivity index (χ2v) is 7.81. The van der Waals surface area contributed by atoms with Crippen molar-refractivity contribution in [3.63, 3.8) is 0 Å². The summed E-state index contributed by atoms with van der Waals surface area (Å²) >= 11 is 1.32. The number of aryl methyl sites for hydroxylation is 1. The van der Waals surface area contributed by atoms with Crippen LogP contribution in [0.15, 0.2) is 34.5 Å². The van der Waals surface area contributed by atoms with E-state index in [1.807, 2.05) is 25.1 Å². The Balaban J connectivity index is 1.86. The molecule has 20 heavy (non-hydrogen) atoms. The molecule has 4 nitrogen and oxygen atoms in total. The summed E-state index contributed by atoms with van der Waals surface area (Å²) in [6.07, 6.45) is 1.79. The van der Waals surface area contributed by atoms with Crippen molar-refractivity contribution < 1.29 is 8.42 Å². The van der Waals surface area contributed by atoms with Gasteiger partial charge in [-0.15, -0.1) is 11.3 Å². The average molecular weight is 308 g/mol. The quantitative estimate of drug-likeness (QED) is 0.912. The fraction of sp³-hybridized carbons (Fsp3) is 0.286. The third-order valence-electron chi connectivity index (χ3n) is 3.32. The molecular formula is C14H16N2O2S2. The van der Waals surface area contributed by atoms with Crippen LogP contribution in [-0.4, -0.2) is 15.0 Å². The monoisotopic (exact) mass is 308 g/mol. The zero-order chi connectivity index (χ0) is 14.2. The summed E-state index contributed by atoms with van der Waals surface area (Å²) in [5, 5.41) is 3.26. The first kappa shape index (κ1) is 13.5. The minimum absolute atomic E-state index is 0.368. The van der Waals surface area contributed by atoms with Crippen LogP contribution < -0.4 is 10.0 Å². The van der Waals surface area contributed by atoms with Crippen LogP contribution in [0.25, 0.3) is 0 Å². The lowest BCUT2D eigenvalue weighted by atomic mass is 10.1. The van der Waals surface area contributed by atoms with E-state index >= 15 is 0 Å². The van der Waals surface area contributed by atoms with Crippen molar-refractivity contribution in [3.05, 3.63) is 40.8 Å². The van der Waals surface area contributed by atoms with Crippen LogP contribution in [0, 0.1) is 0 Å². The standard InChI is InChI=1S/C14H16N2O2S2/c1-2-12-4-6-14(19-12)20(17,18)16-11-3-5-13-10(9-11)7-8-15-13/h3-6,9,15-16H,2,7-8H2,1H3. The molecule has 0 saturated carbocycles. The van der Waals surface area contributed by atoms with Crippen molar-refractivity contribution in [2.75, 3.05) is 16.6 Å². The highest BCUT2D eigenvalue weighted by atomic mass is 32.2. The van der Waals surface area contributed by atoms with Gasteiger partial charge in [-0.1, -0.05) is 6.92 Å². The molecule has 6 heteroatoms. The molecule has 0 bridgehead atoms. The summed E-state index contributed by atoms with van der Waals surface area (Å²) in [5.41, 5.74) is 2.88. The van der Waals surface area contributed by atoms with Crippen LogP contribution in [-0.2, 0) is 22.9 Å². The summed E-state index contributed by atoms with van der Waals surface area (Å²) in [7, 11) is -3.47. The summed E-state index contributed by atoms with van der Waals surface area (Å²) < 4.78 is 27.7. The number of sulfonamides is 1. The normalized spacial score (nSPS) is 13.8. The molecule has 3 rings (SSSR count). The minimum atomic E-state index is -3.47. The predicted molar refractivity (Wildman–Crippen MR) is 83.1 cm³/mol. The Kier molecular flexibility index (Phi) is 3.43. The van der Waals surface area contributed by atoms with Gasteiger partial charge in [0.25, 0.3) is 10.0 Å². The van der Waals surface area contributed by atoms with E-state index < -0.39 is 10.0 Å². The van der Waals surface area contributed by atoms with Gasteiger partial charge in [0.05, 0.1) is 0 Å². The molecule has 2 heterocycles. The average Bonchev–Trinajstić information content (AvgIpc) is 3.06. The van der Waals surface area contributed by atoms with Gasteiger partial charge >= 0.3 is 0 Å². The number of thiophene rings is 1. The van der Waals surface area contributed by atoms with Crippen LogP contribution in [0.2, 0.25) is 0 Å². The molecule has 0 atom stereocenters. The summed E-state index contributed by atoms with van der Waals surface area (Å²) in [4.78, 5) is 1.07. The number of nitrogens with one attached hydrogen (secondary N) is 2. The molecule has 0 spiro atoms. The van der Waals surface area contributed by atoms with Crippen molar-refractivity contribution in [1.82, 2.24) is 0 Å². The first-order valence-corrected chi connectivity index (χ1v) is 8.87. The third-order valence-corrected chi connectivity index (χ3v) is 6.42. The van der Waals surface area contributed by atoms with Crippen LogP contribution >= 0.6 is 11.3 Å². The Morgan fingerprint density at radius 3 is 2.90 bits per heavy atom. The molecule has 0 unspecified atom stereocenters. The lowest BCUT2D eigenvalue weighted by Gasteiger charge is -2.08. The Bertz CT molecular complexity index is 735. The molecule has 0 fully saturated rings. The van der Waals surface area contributed by atoms with E-state index in [0.29, 0.717) is 9.90 Å². The van der Waals surface area contributed by atoms with E-state index in [1.54, 1.807) is 12.1 Å². The van der Waals surface area contributed by atoms with Crippen molar-refractivity contribution >= 4 is 32.7 Å². The topological polar surface area (TPSA) is 58.2 Å². The first-order valence-electron chi connectivity index (χ1n) is 6.57. The highest BCUT2D eigenvalue weighted by Gasteiger charge is 2.18. The molecule has 2 aromatic rings. The van der Waals surface area contributed by atoms with Crippen molar-refractivity contribution in [2.24, 2.45) is 0 Å². The number of rotatable bonds is 4. The second-order valence-electron chi connectivity index (χ2n) is 4.73. The Labute approximate surface area is 122 Å². The van der Waals surface area contributed by atoms with Gasteiger partial charge in [0, 0.05) is 22.8 Å². The van der Waals surface area contributed by atoms with E-state index in [1.165, 1.54) is 11.3 Å². The van der Waals surface area contributed by atoms with E-state index in [-0.39, 0.29) is 0 Å². The predicted octanol–water partition coefficient (Wildman–Crippen LogP) is 3.08. The number of benzene rings is 1. The molecule has 0 radical (unpaired) electrons. The maximum atomic E-state index is 12.3. The van der Waals surface area contributed by atoms with E-state index in [0.717, 1.165) is 35.5 Å². The molecule has 106 valence electrons. The molecular weight excluding hydrogens is 292 g/mol. The van der Waals surface area contributed by atoms with Crippen LogP contribution in [0.1, 0.15) is 17.4 Å². The van der Waals surface area contributed by atoms with Gasteiger partial charge in [-0.25, -0.2) is 8.42 Å². The maximum absolute atomic E-state index is 12.3.